The quantitative estimate of drug-likeness (QED) is 0.311. The monoisotopic (exact) mass is 469 g/mol. The Morgan fingerprint density at radius 1 is 0.943 bits per heavy atom. The molecule has 1 fully saturated rings. The Labute approximate surface area is 203 Å². The number of nitrogens with zero attached hydrogens (tertiary/aromatic N) is 5. The molecule has 8 heteroatoms. The average molecular weight is 470 g/mol. The number of piperazine rings is 1. The Balaban J connectivity index is 1.29. The van der Waals surface area contributed by atoms with E-state index in [4.69, 9.17) is 4.98 Å². The number of fused-ring (bicyclic) bond motifs is 1. The third-order valence-electron chi connectivity index (χ3n) is 6.59. The first kappa shape index (κ1) is 22.7. The fourth-order valence-corrected chi connectivity index (χ4v) is 4.62. The lowest BCUT2D eigenvalue weighted by atomic mass is 10.1. The zero-order chi connectivity index (χ0) is 24.4. The highest BCUT2D eigenvalue weighted by molar-refractivity contribution is 5.95. The van der Waals surface area contributed by atoms with Gasteiger partial charge in [-0.3, -0.25) is 19.8 Å². The van der Waals surface area contributed by atoms with E-state index >= 15 is 0 Å². The van der Waals surface area contributed by atoms with Gasteiger partial charge in [0.15, 0.2) is 0 Å². The highest BCUT2D eigenvalue weighted by atomic mass is 16.6. The summed E-state index contributed by atoms with van der Waals surface area (Å²) in [5.41, 5.74) is 4.20. The van der Waals surface area contributed by atoms with E-state index in [0.29, 0.717) is 43.9 Å². The van der Waals surface area contributed by atoms with Gasteiger partial charge in [-0.25, -0.2) is 4.98 Å². The fraction of sp³-hybridized carbons (Fsp3) is 0.259. The third-order valence-corrected chi connectivity index (χ3v) is 6.59. The lowest BCUT2D eigenvalue weighted by Gasteiger charge is -2.34. The van der Waals surface area contributed by atoms with Gasteiger partial charge in [-0.1, -0.05) is 48.5 Å². The smallest absolute Gasteiger partial charge is 0.273 e. The number of rotatable bonds is 6. The van der Waals surface area contributed by atoms with Crippen LogP contribution in [0.25, 0.3) is 11.0 Å². The molecule has 4 aromatic rings. The van der Waals surface area contributed by atoms with E-state index in [9.17, 15) is 14.9 Å². The van der Waals surface area contributed by atoms with Crippen LogP contribution in [0.2, 0.25) is 0 Å². The van der Waals surface area contributed by atoms with Gasteiger partial charge in [-0.15, -0.1) is 0 Å². The maximum atomic E-state index is 13.0. The summed E-state index contributed by atoms with van der Waals surface area (Å²) < 4.78 is 2.27. The summed E-state index contributed by atoms with van der Waals surface area (Å²) in [7, 11) is 0. The number of imidazole rings is 1. The number of aryl methyl sites for hydroxylation is 1. The molecule has 178 valence electrons. The Morgan fingerprint density at radius 3 is 2.40 bits per heavy atom. The number of benzene rings is 3. The predicted molar refractivity (Wildman–Crippen MR) is 134 cm³/mol. The van der Waals surface area contributed by atoms with Crippen LogP contribution in [0.4, 0.5) is 5.69 Å². The highest BCUT2D eigenvalue weighted by Crippen LogP contribution is 2.22. The van der Waals surface area contributed by atoms with Gasteiger partial charge in [-0.2, -0.15) is 0 Å². The van der Waals surface area contributed by atoms with Crippen molar-refractivity contribution in [3.63, 3.8) is 0 Å². The number of nitro groups is 1. The Morgan fingerprint density at radius 2 is 1.66 bits per heavy atom. The zero-order valence-electron chi connectivity index (χ0n) is 19.6. The van der Waals surface area contributed by atoms with Crippen molar-refractivity contribution in [2.75, 3.05) is 26.2 Å². The van der Waals surface area contributed by atoms with Gasteiger partial charge in [0.2, 0.25) is 0 Å². The number of amides is 1. The molecule has 5 rings (SSSR count). The molecule has 8 nitrogen and oxygen atoms in total. The molecule has 1 aliphatic heterocycles. The van der Waals surface area contributed by atoms with Gasteiger partial charge < -0.3 is 9.47 Å². The van der Waals surface area contributed by atoms with E-state index in [1.54, 1.807) is 24.0 Å². The molecule has 0 atom stereocenters. The number of hydrogen-bond acceptors (Lipinski definition) is 5. The van der Waals surface area contributed by atoms with E-state index in [0.717, 1.165) is 23.4 Å². The van der Waals surface area contributed by atoms with Crippen LogP contribution >= 0.6 is 0 Å². The lowest BCUT2D eigenvalue weighted by molar-refractivity contribution is -0.385. The molecular formula is C27H27N5O3. The summed E-state index contributed by atoms with van der Waals surface area (Å²) in [4.78, 5) is 32.8. The summed E-state index contributed by atoms with van der Waals surface area (Å²) in [6, 6.07) is 23.2. The van der Waals surface area contributed by atoms with E-state index in [2.05, 4.69) is 27.7 Å². The predicted octanol–water partition coefficient (Wildman–Crippen LogP) is 4.26. The summed E-state index contributed by atoms with van der Waals surface area (Å²) in [6.45, 7) is 5.69. The van der Waals surface area contributed by atoms with Crippen molar-refractivity contribution in [2.45, 2.75) is 20.0 Å². The minimum Gasteiger partial charge on any atom is -0.336 e. The summed E-state index contributed by atoms with van der Waals surface area (Å²) >= 11 is 0. The standard InChI is InChI=1S/C27H27N5O3/c1-20-11-12-22(17-25(20)32(34)35)27(33)30-15-13-29(14-16-30)19-26-28-23-9-5-6-10-24(23)31(26)18-21-7-3-2-4-8-21/h2-12,17H,13-16,18-19H2,1H3. The summed E-state index contributed by atoms with van der Waals surface area (Å²) in [5, 5.41) is 11.3. The fourth-order valence-electron chi connectivity index (χ4n) is 4.62. The molecule has 1 aromatic heterocycles. The number of nitro benzene ring substituents is 1. The molecule has 0 aliphatic carbocycles. The van der Waals surface area contributed by atoms with Crippen molar-refractivity contribution < 1.29 is 9.72 Å². The lowest BCUT2D eigenvalue weighted by Crippen LogP contribution is -2.48. The van der Waals surface area contributed by atoms with E-state index in [-0.39, 0.29) is 11.6 Å². The first-order valence-electron chi connectivity index (χ1n) is 11.7. The Hall–Kier alpha value is -4.04. The molecule has 2 heterocycles. The normalized spacial score (nSPS) is 14.4. The molecule has 3 aromatic carbocycles. The van der Waals surface area contributed by atoms with E-state index in [1.807, 2.05) is 36.4 Å². The van der Waals surface area contributed by atoms with Crippen LogP contribution in [-0.2, 0) is 13.1 Å². The van der Waals surface area contributed by atoms with E-state index in [1.165, 1.54) is 11.6 Å². The molecule has 0 bridgehead atoms. The molecule has 1 saturated heterocycles. The number of carbonyl (C=O) groups is 1. The van der Waals surface area contributed by atoms with Gasteiger partial charge >= 0.3 is 0 Å². The first-order chi connectivity index (χ1) is 17.0. The van der Waals surface area contributed by atoms with Crippen LogP contribution < -0.4 is 0 Å². The molecular weight excluding hydrogens is 442 g/mol. The number of aromatic nitrogens is 2. The summed E-state index contributed by atoms with van der Waals surface area (Å²) in [6.07, 6.45) is 0. The second kappa shape index (κ2) is 9.68. The van der Waals surface area contributed by atoms with Crippen LogP contribution in [0.1, 0.15) is 27.3 Å². The molecule has 1 amide bonds. The van der Waals surface area contributed by atoms with E-state index < -0.39 is 4.92 Å². The average Bonchev–Trinajstić information content (AvgIpc) is 3.21. The van der Waals surface area contributed by atoms with Crippen LogP contribution in [0.15, 0.2) is 72.8 Å². The van der Waals surface area contributed by atoms with Gasteiger partial charge in [0, 0.05) is 49.9 Å². The Bertz CT molecular complexity index is 1370. The van der Waals surface area contributed by atoms with Crippen LogP contribution in [0.5, 0.6) is 0 Å². The zero-order valence-corrected chi connectivity index (χ0v) is 19.6. The third kappa shape index (κ3) is 4.79. The Kier molecular flexibility index (Phi) is 6.29. The summed E-state index contributed by atoms with van der Waals surface area (Å²) in [5.74, 6) is 0.841. The van der Waals surface area contributed by atoms with Crippen molar-refractivity contribution in [2.24, 2.45) is 0 Å². The molecule has 35 heavy (non-hydrogen) atoms. The van der Waals surface area contributed by atoms with Gasteiger partial charge in [0.25, 0.3) is 11.6 Å². The molecule has 0 N–H and O–H groups in total. The SMILES string of the molecule is Cc1ccc(C(=O)N2CCN(Cc3nc4ccccc4n3Cc3ccccc3)CC2)cc1[N+](=O)[O-]. The second-order valence-corrected chi connectivity index (χ2v) is 8.92. The van der Waals surface area contributed by atoms with Crippen molar-refractivity contribution in [1.29, 1.82) is 0 Å². The number of hydrogen-bond donors (Lipinski definition) is 0. The van der Waals surface area contributed by atoms with Crippen LogP contribution in [-0.4, -0.2) is 56.4 Å². The minimum absolute atomic E-state index is 0.0215. The maximum Gasteiger partial charge on any atom is 0.273 e. The first-order valence-corrected chi connectivity index (χ1v) is 11.7. The van der Waals surface area contributed by atoms with Crippen LogP contribution in [0, 0.1) is 17.0 Å². The molecule has 0 radical (unpaired) electrons. The number of carbonyl (C=O) groups excluding carboxylic acids is 1. The molecule has 0 saturated carbocycles. The van der Waals surface area contributed by atoms with Gasteiger partial charge in [-0.05, 0) is 30.7 Å². The maximum absolute atomic E-state index is 13.0. The van der Waals surface area contributed by atoms with Gasteiger partial charge in [0.1, 0.15) is 5.82 Å². The van der Waals surface area contributed by atoms with Crippen molar-refractivity contribution in [1.82, 2.24) is 19.4 Å². The molecule has 0 unspecified atom stereocenters. The van der Waals surface area contributed by atoms with Crippen molar-refractivity contribution in [3.8, 4) is 0 Å². The van der Waals surface area contributed by atoms with Crippen molar-refractivity contribution in [3.05, 3.63) is 105 Å². The second-order valence-electron chi connectivity index (χ2n) is 8.92. The molecule has 0 spiro atoms. The van der Waals surface area contributed by atoms with Gasteiger partial charge in [0.05, 0.1) is 22.5 Å². The minimum atomic E-state index is -0.439. The highest BCUT2D eigenvalue weighted by Gasteiger charge is 2.25. The topological polar surface area (TPSA) is 84.5 Å². The van der Waals surface area contributed by atoms with Crippen molar-refractivity contribution >= 4 is 22.6 Å². The molecule has 1 aliphatic rings. The van der Waals surface area contributed by atoms with Crippen LogP contribution in [0.3, 0.4) is 0 Å². The number of para-hydroxylation sites is 2. The largest absolute Gasteiger partial charge is 0.336 e.